The normalized spacial score (nSPS) is 10.6. The van der Waals surface area contributed by atoms with Gasteiger partial charge in [0.15, 0.2) is 5.16 Å². The number of hydrogen-bond donors (Lipinski definition) is 1. The molecule has 168 valence electrons. The SMILES string of the molecule is CCOC(=O)c1sc(NC(=O)CSc2nccc(-c3cccs3)n2)c(C(=O)OCC)c1C. The molecule has 1 N–H and O–H groups in total. The van der Waals surface area contributed by atoms with Crippen molar-refractivity contribution in [2.75, 3.05) is 24.3 Å². The molecule has 3 aromatic rings. The van der Waals surface area contributed by atoms with Crippen LogP contribution in [0.3, 0.4) is 0 Å². The van der Waals surface area contributed by atoms with Crippen LogP contribution in [0.1, 0.15) is 39.4 Å². The predicted octanol–water partition coefficient (Wildman–Crippen LogP) is 4.66. The van der Waals surface area contributed by atoms with E-state index in [0.29, 0.717) is 10.7 Å². The van der Waals surface area contributed by atoms with Crippen molar-refractivity contribution in [2.24, 2.45) is 0 Å². The molecule has 32 heavy (non-hydrogen) atoms. The van der Waals surface area contributed by atoms with Crippen molar-refractivity contribution in [1.82, 2.24) is 9.97 Å². The van der Waals surface area contributed by atoms with E-state index in [1.807, 2.05) is 23.6 Å². The van der Waals surface area contributed by atoms with Crippen LogP contribution in [-0.2, 0) is 14.3 Å². The van der Waals surface area contributed by atoms with Crippen LogP contribution >= 0.6 is 34.4 Å². The predicted molar refractivity (Wildman–Crippen MR) is 126 cm³/mol. The third-order valence-electron chi connectivity index (χ3n) is 4.08. The van der Waals surface area contributed by atoms with Gasteiger partial charge < -0.3 is 14.8 Å². The maximum Gasteiger partial charge on any atom is 0.348 e. The summed E-state index contributed by atoms with van der Waals surface area (Å²) in [6.07, 6.45) is 1.65. The van der Waals surface area contributed by atoms with Crippen LogP contribution in [0.25, 0.3) is 10.6 Å². The molecule has 0 aliphatic rings. The molecule has 0 saturated heterocycles. The summed E-state index contributed by atoms with van der Waals surface area (Å²) in [6.45, 7) is 5.38. The summed E-state index contributed by atoms with van der Waals surface area (Å²) in [7, 11) is 0. The Hall–Kier alpha value is -2.76. The molecule has 8 nitrogen and oxygen atoms in total. The summed E-state index contributed by atoms with van der Waals surface area (Å²) in [5.74, 6) is -1.48. The fraction of sp³-hybridized carbons (Fsp3) is 0.286. The maximum atomic E-state index is 12.6. The molecule has 0 aliphatic heterocycles. The van der Waals surface area contributed by atoms with Gasteiger partial charge in [-0.3, -0.25) is 4.79 Å². The van der Waals surface area contributed by atoms with Gasteiger partial charge in [0.25, 0.3) is 0 Å². The number of aromatic nitrogens is 2. The van der Waals surface area contributed by atoms with Crippen LogP contribution < -0.4 is 5.32 Å². The molecule has 0 atom stereocenters. The number of nitrogens with zero attached hydrogens (tertiary/aromatic N) is 2. The summed E-state index contributed by atoms with van der Waals surface area (Å²) in [6, 6.07) is 5.72. The Morgan fingerprint density at radius 1 is 1.12 bits per heavy atom. The van der Waals surface area contributed by atoms with Gasteiger partial charge in [0.05, 0.1) is 35.1 Å². The summed E-state index contributed by atoms with van der Waals surface area (Å²) in [5.41, 5.74) is 1.37. The highest BCUT2D eigenvalue weighted by Gasteiger charge is 2.27. The Kier molecular flexibility index (Phi) is 8.37. The van der Waals surface area contributed by atoms with Crippen LogP contribution in [0, 0.1) is 6.92 Å². The number of esters is 2. The second-order valence-electron chi connectivity index (χ2n) is 6.24. The lowest BCUT2D eigenvalue weighted by molar-refractivity contribution is -0.113. The third-order valence-corrected chi connectivity index (χ3v) is 7.02. The van der Waals surface area contributed by atoms with E-state index in [-0.39, 0.29) is 40.3 Å². The number of carbonyl (C=O) groups is 3. The average molecular weight is 492 g/mol. The van der Waals surface area contributed by atoms with Gasteiger partial charge in [0.2, 0.25) is 5.91 Å². The van der Waals surface area contributed by atoms with Crippen LogP contribution in [0.15, 0.2) is 34.9 Å². The quantitative estimate of drug-likeness (QED) is 0.262. The van der Waals surface area contributed by atoms with E-state index in [1.165, 1.54) is 11.8 Å². The van der Waals surface area contributed by atoms with E-state index < -0.39 is 11.9 Å². The Morgan fingerprint density at radius 3 is 2.56 bits per heavy atom. The largest absolute Gasteiger partial charge is 0.462 e. The number of ether oxygens (including phenoxy) is 2. The summed E-state index contributed by atoms with van der Waals surface area (Å²) in [5, 5.41) is 5.40. The van der Waals surface area contributed by atoms with Gasteiger partial charge in [0.1, 0.15) is 9.88 Å². The molecule has 3 aromatic heterocycles. The fourth-order valence-electron chi connectivity index (χ4n) is 2.71. The summed E-state index contributed by atoms with van der Waals surface area (Å²) >= 11 is 3.74. The van der Waals surface area contributed by atoms with E-state index in [0.717, 1.165) is 21.9 Å². The number of carbonyl (C=O) groups excluding carboxylic acids is 3. The van der Waals surface area contributed by atoms with Gasteiger partial charge in [-0.1, -0.05) is 17.8 Å². The first-order chi connectivity index (χ1) is 15.4. The van der Waals surface area contributed by atoms with Gasteiger partial charge in [-0.15, -0.1) is 22.7 Å². The monoisotopic (exact) mass is 491 g/mol. The molecular weight excluding hydrogens is 470 g/mol. The number of thiophene rings is 2. The van der Waals surface area contributed by atoms with Crippen molar-refractivity contribution in [2.45, 2.75) is 25.9 Å². The van der Waals surface area contributed by atoms with Crippen molar-refractivity contribution in [3.8, 4) is 10.6 Å². The molecule has 0 fully saturated rings. The van der Waals surface area contributed by atoms with E-state index in [9.17, 15) is 14.4 Å². The zero-order valence-electron chi connectivity index (χ0n) is 17.7. The Balaban J connectivity index is 1.74. The molecule has 3 rings (SSSR count). The van der Waals surface area contributed by atoms with Gasteiger partial charge in [-0.25, -0.2) is 19.6 Å². The van der Waals surface area contributed by atoms with Crippen molar-refractivity contribution in [1.29, 1.82) is 0 Å². The molecule has 3 heterocycles. The summed E-state index contributed by atoms with van der Waals surface area (Å²) < 4.78 is 10.2. The minimum Gasteiger partial charge on any atom is -0.462 e. The lowest BCUT2D eigenvalue weighted by Gasteiger charge is -2.07. The molecule has 0 unspecified atom stereocenters. The van der Waals surface area contributed by atoms with Crippen molar-refractivity contribution in [3.63, 3.8) is 0 Å². The molecule has 0 bridgehead atoms. The molecule has 0 radical (unpaired) electrons. The van der Waals surface area contributed by atoms with E-state index in [4.69, 9.17) is 9.47 Å². The van der Waals surface area contributed by atoms with Gasteiger partial charge in [0, 0.05) is 6.20 Å². The number of thioether (sulfide) groups is 1. The lowest BCUT2D eigenvalue weighted by atomic mass is 10.1. The number of hydrogen-bond acceptors (Lipinski definition) is 10. The second-order valence-corrected chi connectivity index (χ2v) is 9.15. The molecule has 0 saturated carbocycles. The topological polar surface area (TPSA) is 107 Å². The highest BCUT2D eigenvalue weighted by Crippen LogP contribution is 2.34. The Labute approximate surface area is 197 Å². The van der Waals surface area contributed by atoms with Crippen molar-refractivity contribution >= 4 is 57.3 Å². The second kappa shape index (κ2) is 11.2. The first-order valence-corrected chi connectivity index (χ1v) is 12.4. The summed E-state index contributed by atoms with van der Waals surface area (Å²) in [4.78, 5) is 47.2. The molecule has 11 heteroatoms. The van der Waals surface area contributed by atoms with Gasteiger partial charge in [-0.05, 0) is 43.8 Å². The minimum absolute atomic E-state index is 0.0296. The van der Waals surface area contributed by atoms with Crippen molar-refractivity contribution in [3.05, 3.63) is 45.8 Å². The first kappa shape index (κ1) is 23.9. The maximum absolute atomic E-state index is 12.6. The number of rotatable bonds is 9. The van der Waals surface area contributed by atoms with E-state index in [2.05, 4.69) is 15.3 Å². The van der Waals surface area contributed by atoms with Crippen LogP contribution in [0.5, 0.6) is 0 Å². The molecule has 0 aliphatic carbocycles. The molecular formula is C21H21N3O5S3. The molecule has 0 aromatic carbocycles. The number of amides is 1. The van der Waals surface area contributed by atoms with Gasteiger partial charge in [-0.2, -0.15) is 0 Å². The van der Waals surface area contributed by atoms with E-state index >= 15 is 0 Å². The number of nitrogens with one attached hydrogen (secondary N) is 1. The lowest BCUT2D eigenvalue weighted by Crippen LogP contribution is -2.16. The standard InChI is InChI=1S/C21H21N3O5S3/c1-4-28-19(26)16-12(3)17(20(27)29-5-2)32-18(16)24-15(25)11-31-21-22-9-8-13(23-21)14-7-6-10-30-14/h6-10H,4-5,11H2,1-3H3,(H,24,25). The van der Waals surface area contributed by atoms with Crippen LogP contribution in [-0.4, -0.2) is 46.8 Å². The third kappa shape index (κ3) is 5.72. The van der Waals surface area contributed by atoms with Crippen LogP contribution in [0.4, 0.5) is 5.00 Å². The Morgan fingerprint density at radius 2 is 1.88 bits per heavy atom. The van der Waals surface area contributed by atoms with E-state index in [1.54, 1.807) is 38.3 Å². The average Bonchev–Trinajstić information content (AvgIpc) is 3.41. The molecule has 0 spiro atoms. The molecule has 1 amide bonds. The zero-order chi connectivity index (χ0) is 23.1. The minimum atomic E-state index is -0.605. The smallest absolute Gasteiger partial charge is 0.348 e. The van der Waals surface area contributed by atoms with Gasteiger partial charge >= 0.3 is 11.9 Å². The highest BCUT2D eigenvalue weighted by atomic mass is 32.2. The number of anilines is 1. The first-order valence-electron chi connectivity index (χ1n) is 9.71. The Bertz CT molecular complexity index is 1110. The van der Waals surface area contributed by atoms with Crippen molar-refractivity contribution < 1.29 is 23.9 Å². The zero-order valence-corrected chi connectivity index (χ0v) is 20.1. The fourth-order valence-corrected chi connectivity index (χ4v) is 5.14. The highest BCUT2D eigenvalue weighted by molar-refractivity contribution is 7.99. The van der Waals surface area contributed by atoms with Crippen LogP contribution in [0.2, 0.25) is 0 Å².